The Labute approximate surface area is 122 Å². The highest BCUT2D eigenvalue weighted by Gasteiger charge is 2.34. The first-order valence-corrected chi connectivity index (χ1v) is 7.00. The molecule has 0 aliphatic heterocycles. The molecule has 4 nitrogen and oxygen atoms in total. The number of azo groups is 1. The molecule has 0 heterocycles. The summed E-state index contributed by atoms with van der Waals surface area (Å²) in [6, 6.07) is 0. The monoisotopic (exact) mass is 292 g/mol. The van der Waals surface area contributed by atoms with Gasteiger partial charge in [0.05, 0.1) is 11.1 Å². The van der Waals surface area contributed by atoms with E-state index in [1.165, 1.54) is 0 Å². The SMILES string of the molecule is CC(C)(C)/N=N/C(C)(Cl)CC(C)(C)OOC(C)(C)C. The quantitative estimate of drug-likeness (QED) is 0.232. The van der Waals surface area contributed by atoms with Crippen molar-refractivity contribution in [1.82, 2.24) is 0 Å². The van der Waals surface area contributed by atoms with Crippen molar-refractivity contribution < 1.29 is 9.78 Å². The fourth-order valence-corrected chi connectivity index (χ4v) is 1.69. The van der Waals surface area contributed by atoms with E-state index in [0.717, 1.165) is 0 Å². The van der Waals surface area contributed by atoms with Crippen molar-refractivity contribution in [2.24, 2.45) is 10.2 Å². The van der Waals surface area contributed by atoms with E-state index in [0.29, 0.717) is 6.42 Å². The predicted octanol–water partition coefficient (Wildman–Crippen LogP) is 5.11. The van der Waals surface area contributed by atoms with Crippen molar-refractivity contribution in [2.45, 2.75) is 90.5 Å². The zero-order chi connectivity index (χ0) is 15.5. The third kappa shape index (κ3) is 11.3. The number of nitrogens with zero attached hydrogens (tertiary/aromatic N) is 2. The molecule has 0 aliphatic rings. The molecule has 1 atom stereocenters. The van der Waals surface area contributed by atoms with Crippen molar-refractivity contribution in [3.05, 3.63) is 0 Å². The van der Waals surface area contributed by atoms with Gasteiger partial charge in [0.15, 0.2) is 5.00 Å². The lowest BCUT2D eigenvalue weighted by Crippen LogP contribution is -2.36. The minimum atomic E-state index is -0.808. The molecule has 0 bridgehead atoms. The van der Waals surface area contributed by atoms with Crippen LogP contribution in [0.2, 0.25) is 0 Å². The van der Waals surface area contributed by atoms with Gasteiger partial charge in [-0.05, 0) is 62.3 Å². The summed E-state index contributed by atoms with van der Waals surface area (Å²) in [5, 5.41) is 8.43. The van der Waals surface area contributed by atoms with Crippen molar-refractivity contribution in [1.29, 1.82) is 0 Å². The van der Waals surface area contributed by atoms with Gasteiger partial charge in [0.2, 0.25) is 0 Å². The molecule has 0 spiro atoms. The summed E-state index contributed by atoms with van der Waals surface area (Å²) in [5.74, 6) is 0. The number of hydrogen-bond acceptors (Lipinski definition) is 4. The third-order valence-electron chi connectivity index (χ3n) is 1.82. The van der Waals surface area contributed by atoms with Gasteiger partial charge in [-0.25, -0.2) is 9.78 Å². The number of halogens is 1. The maximum atomic E-state index is 6.38. The van der Waals surface area contributed by atoms with Gasteiger partial charge in [-0.15, -0.1) is 0 Å². The summed E-state index contributed by atoms with van der Waals surface area (Å²) in [5.41, 5.74) is -1.13. The van der Waals surface area contributed by atoms with Crippen LogP contribution in [0, 0.1) is 0 Å². The molecule has 0 fully saturated rings. The van der Waals surface area contributed by atoms with Crippen molar-refractivity contribution in [2.75, 3.05) is 0 Å². The van der Waals surface area contributed by atoms with E-state index in [-0.39, 0.29) is 11.1 Å². The second-order valence-electron chi connectivity index (χ2n) is 7.73. The molecule has 0 aliphatic carbocycles. The van der Waals surface area contributed by atoms with Crippen LogP contribution in [0.25, 0.3) is 0 Å². The standard InChI is InChI=1S/C14H29ClN2O2/c1-11(2,3)16-17-14(9,15)10-13(7,8)19-18-12(4,5)6/h10H2,1-9H3/b17-16+. The second kappa shape index (κ2) is 6.06. The van der Waals surface area contributed by atoms with Gasteiger partial charge in [-0.3, -0.25) is 0 Å². The zero-order valence-electron chi connectivity index (χ0n) is 13.8. The minimum absolute atomic E-state index is 0.233. The van der Waals surface area contributed by atoms with Crippen molar-refractivity contribution in [3.63, 3.8) is 0 Å². The summed E-state index contributed by atoms with van der Waals surface area (Å²) >= 11 is 6.38. The lowest BCUT2D eigenvalue weighted by atomic mass is 10.0. The summed E-state index contributed by atoms with van der Waals surface area (Å²) in [6.07, 6.45) is 0.497. The predicted molar refractivity (Wildman–Crippen MR) is 79.5 cm³/mol. The largest absolute Gasteiger partial charge is 0.230 e. The number of hydrogen-bond donors (Lipinski definition) is 0. The van der Waals surface area contributed by atoms with Crippen LogP contribution in [0.5, 0.6) is 0 Å². The average molecular weight is 293 g/mol. The van der Waals surface area contributed by atoms with Crippen LogP contribution in [0.3, 0.4) is 0 Å². The molecule has 0 saturated heterocycles. The highest BCUT2D eigenvalue weighted by atomic mass is 35.5. The van der Waals surface area contributed by atoms with Crippen LogP contribution in [0.4, 0.5) is 0 Å². The average Bonchev–Trinajstić information content (AvgIpc) is 2.09. The first-order valence-electron chi connectivity index (χ1n) is 6.62. The molecule has 5 heteroatoms. The Hall–Kier alpha value is -0.190. The van der Waals surface area contributed by atoms with Gasteiger partial charge in [0, 0.05) is 6.42 Å². The Morgan fingerprint density at radius 1 is 0.789 bits per heavy atom. The Morgan fingerprint density at radius 2 is 1.26 bits per heavy atom. The van der Waals surface area contributed by atoms with E-state index in [9.17, 15) is 0 Å². The molecule has 0 aromatic carbocycles. The Kier molecular flexibility index (Phi) is 6.00. The lowest BCUT2D eigenvalue weighted by molar-refractivity contribution is -0.398. The normalized spacial score (nSPS) is 17.8. The molecule has 19 heavy (non-hydrogen) atoms. The van der Waals surface area contributed by atoms with Gasteiger partial charge in [0.25, 0.3) is 0 Å². The van der Waals surface area contributed by atoms with E-state index >= 15 is 0 Å². The van der Waals surface area contributed by atoms with E-state index in [4.69, 9.17) is 21.4 Å². The van der Waals surface area contributed by atoms with E-state index in [1.54, 1.807) is 0 Å². The fourth-order valence-electron chi connectivity index (χ4n) is 1.33. The van der Waals surface area contributed by atoms with Gasteiger partial charge in [0.1, 0.15) is 5.60 Å². The molecule has 0 aromatic rings. The smallest absolute Gasteiger partial charge is 0.154 e. The summed E-state index contributed by atoms with van der Waals surface area (Å²) in [7, 11) is 0. The van der Waals surface area contributed by atoms with E-state index in [2.05, 4.69) is 10.2 Å². The molecule has 0 saturated carbocycles. The zero-order valence-corrected chi connectivity index (χ0v) is 14.6. The van der Waals surface area contributed by atoms with E-state index < -0.39 is 10.6 Å². The van der Waals surface area contributed by atoms with Crippen LogP contribution in [0.1, 0.15) is 68.7 Å². The highest BCUT2D eigenvalue weighted by Crippen LogP contribution is 2.32. The maximum Gasteiger partial charge on any atom is 0.154 e. The molecule has 0 rings (SSSR count). The molecule has 114 valence electrons. The van der Waals surface area contributed by atoms with Gasteiger partial charge in [-0.1, -0.05) is 11.6 Å². The molecule has 1 unspecified atom stereocenters. The Bertz CT molecular complexity index is 312. The topological polar surface area (TPSA) is 43.2 Å². The molecular weight excluding hydrogens is 264 g/mol. The van der Waals surface area contributed by atoms with Crippen molar-refractivity contribution >= 4 is 11.6 Å². The van der Waals surface area contributed by atoms with Crippen LogP contribution < -0.4 is 0 Å². The minimum Gasteiger partial charge on any atom is -0.230 e. The second-order valence-corrected chi connectivity index (χ2v) is 8.54. The number of alkyl halides is 1. The molecule has 0 radical (unpaired) electrons. The maximum absolute atomic E-state index is 6.38. The first-order chi connectivity index (χ1) is 8.12. The summed E-state index contributed by atoms with van der Waals surface area (Å²) in [4.78, 5) is 10.0. The summed E-state index contributed by atoms with van der Waals surface area (Å²) < 4.78 is 0. The van der Waals surface area contributed by atoms with Crippen LogP contribution >= 0.6 is 11.6 Å². The fraction of sp³-hybridized carbons (Fsp3) is 1.00. The van der Waals surface area contributed by atoms with E-state index in [1.807, 2.05) is 62.3 Å². The molecule has 0 amide bonds. The first kappa shape index (κ1) is 18.8. The summed E-state index contributed by atoms with van der Waals surface area (Å²) in [6.45, 7) is 17.4. The Balaban J connectivity index is 4.59. The molecule has 0 N–H and O–H groups in total. The third-order valence-corrected chi connectivity index (χ3v) is 2.03. The number of rotatable bonds is 5. The van der Waals surface area contributed by atoms with Gasteiger partial charge < -0.3 is 0 Å². The van der Waals surface area contributed by atoms with Crippen LogP contribution in [-0.2, 0) is 9.78 Å². The van der Waals surface area contributed by atoms with Gasteiger partial charge >= 0.3 is 0 Å². The van der Waals surface area contributed by atoms with Crippen LogP contribution in [0.15, 0.2) is 10.2 Å². The van der Waals surface area contributed by atoms with Crippen LogP contribution in [-0.4, -0.2) is 21.7 Å². The molecule has 0 aromatic heterocycles. The lowest BCUT2D eigenvalue weighted by Gasteiger charge is -2.32. The highest BCUT2D eigenvalue weighted by molar-refractivity contribution is 6.23. The Morgan fingerprint density at radius 3 is 1.63 bits per heavy atom. The van der Waals surface area contributed by atoms with Gasteiger partial charge in [-0.2, -0.15) is 10.2 Å². The molecular formula is C14H29ClN2O2. The van der Waals surface area contributed by atoms with Crippen molar-refractivity contribution in [3.8, 4) is 0 Å².